The minimum Gasteiger partial charge on any atom is -0.290 e. The molecule has 2 nitrogen and oxygen atoms in total. The van der Waals surface area contributed by atoms with Gasteiger partial charge in [0.25, 0.3) is 0 Å². The Balaban J connectivity index is 0.000000432. The molecule has 0 amide bonds. The first kappa shape index (κ1) is 26.4. The third kappa shape index (κ3) is 10.1. The molecule has 0 aromatic heterocycles. The van der Waals surface area contributed by atoms with E-state index < -0.39 is 11.6 Å². The molecule has 26 heavy (non-hydrogen) atoms. The largest absolute Gasteiger partial charge is 2.00 e. The van der Waals surface area contributed by atoms with Crippen molar-refractivity contribution >= 4 is 11.6 Å². The SMILES string of the molecule is O=C([C]1[CH][CH][CH][CH]1)C(=O)[C]1[CH][CH][CH][CH]1.[CH]1[CH][CH][CH][CH]1.[CH]1[CH][CH][CH][CH]1.[Fe+2].[Fe+2]. The Bertz CT molecular complexity index is 313. The maximum Gasteiger partial charge on any atom is 2.00 e. The van der Waals surface area contributed by atoms with Gasteiger partial charge in [-0.2, -0.15) is 0 Å². The van der Waals surface area contributed by atoms with Crippen molar-refractivity contribution < 1.29 is 43.7 Å². The van der Waals surface area contributed by atoms with Crippen LogP contribution in [0.2, 0.25) is 0 Å². The third-order valence-electron chi connectivity index (χ3n) is 3.17. The van der Waals surface area contributed by atoms with E-state index in [1.54, 1.807) is 51.4 Å². The van der Waals surface area contributed by atoms with Crippen LogP contribution in [0.4, 0.5) is 0 Å². The first-order chi connectivity index (χ1) is 11.8. The molecule has 0 heterocycles. The summed E-state index contributed by atoms with van der Waals surface area (Å²) in [6.45, 7) is 0. The third-order valence-corrected chi connectivity index (χ3v) is 3.17. The second-order valence-corrected chi connectivity index (χ2v) is 4.93. The molecule has 4 aliphatic rings. The van der Waals surface area contributed by atoms with Crippen molar-refractivity contribution in [1.29, 1.82) is 0 Å². The van der Waals surface area contributed by atoms with Crippen molar-refractivity contribution in [3.63, 3.8) is 0 Å². The van der Waals surface area contributed by atoms with Gasteiger partial charge in [-0.05, 0) is 116 Å². The zero-order valence-corrected chi connectivity index (χ0v) is 16.1. The molecule has 0 aromatic rings. The van der Waals surface area contributed by atoms with Crippen LogP contribution in [0.1, 0.15) is 0 Å². The van der Waals surface area contributed by atoms with Gasteiger partial charge in [-0.3, -0.25) is 9.59 Å². The number of hydrogen-bond donors (Lipinski definition) is 0. The second-order valence-electron chi connectivity index (χ2n) is 4.93. The zero-order chi connectivity index (χ0) is 17.0. The van der Waals surface area contributed by atoms with Crippen LogP contribution in [-0.2, 0) is 43.7 Å². The Morgan fingerprint density at radius 1 is 0.385 bits per heavy atom. The molecule has 0 bridgehead atoms. The fourth-order valence-electron chi connectivity index (χ4n) is 1.95. The Kier molecular flexibility index (Phi) is 16.6. The first-order valence-electron chi connectivity index (χ1n) is 7.65. The van der Waals surface area contributed by atoms with E-state index in [4.69, 9.17) is 0 Å². The van der Waals surface area contributed by atoms with Gasteiger partial charge in [-0.25, -0.2) is 0 Å². The topological polar surface area (TPSA) is 34.1 Å². The summed E-state index contributed by atoms with van der Waals surface area (Å²) in [5, 5.41) is 0. The van der Waals surface area contributed by atoms with Crippen molar-refractivity contribution in [2.45, 2.75) is 0 Å². The number of rotatable bonds is 3. The van der Waals surface area contributed by atoms with E-state index in [9.17, 15) is 9.59 Å². The average Bonchev–Trinajstić information content (AvgIpc) is 3.41. The minimum atomic E-state index is -0.443. The van der Waals surface area contributed by atoms with Crippen molar-refractivity contribution in [2.24, 2.45) is 0 Å². The van der Waals surface area contributed by atoms with Gasteiger partial charge < -0.3 is 0 Å². The van der Waals surface area contributed by atoms with Gasteiger partial charge >= 0.3 is 34.1 Å². The molecule has 4 heteroatoms. The Morgan fingerprint density at radius 3 is 0.769 bits per heavy atom. The molecule has 130 valence electrons. The zero-order valence-electron chi connectivity index (χ0n) is 13.9. The van der Waals surface area contributed by atoms with E-state index in [-0.39, 0.29) is 34.1 Å². The summed E-state index contributed by atoms with van der Waals surface area (Å²) in [7, 11) is 0. The van der Waals surface area contributed by atoms with Crippen LogP contribution < -0.4 is 0 Å². The van der Waals surface area contributed by atoms with Gasteiger partial charge in [0.1, 0.15) is 0 Å². The normalized spacial score (nSPS) is 22.3. The summed E-state index contributed by atoms with van der Waals surface area (Å²) in [6.07, 6.45) is 33.5. The van der Waals surface area contributed by atoms with Crippen molar-refractivity contribution in [1.82, 2.24) is 0 Å². The average molecular weight is 426 g/mol. The van der Waals surface area contributed by atoms with Crippen LogP contribution in [-0.4, -0.2) is 11.6 Å². The van der Waals surface area contributed by atoms with Gasteiger partial charge in [0.05, 0.1) is 11.8 Å². The standard InChI is InChI=1S/C12H8O2.2C5H5.2Fe/c13-11(9-5-1-2-6-9)12(14)10-7-3-4-8-10;2*1-2-4-5-3-1;;/h1-8H;2*1-5H;;/q;;;2*+2. The van der Waals surface area contributed by atoms with Crippen LogP contribution >= 0.6 is 0 Å². The van der Waals surface area contributed by atoms with Gasteiger partial charge in [0, 0.05) is 0 Å². The Hall–Kier alpha value is 0.379. The second kappa shape index (κ2) is 16.3. The van der Waals surface area contributed by atoms with E-state index >= 15 is 0 Å². The van der Waals surface area contributed by atoms with Gasteiger partial charge in [0.15, 0.2) is 0 Å². The number of Topliss-reactive ketones (excluding diaryl/α,β-unsaturated/α-hetero) is 2. The molecule has 0 N–H and O–H groups in total. The van der Waals surface area contributed by atoms with E-state index in [0.717, 1.165) is 0 Å². The summed E-state index contributed by atoms with van der Waals surface area (Å²) in [6, 6.07) is 0. The van der Waals surface area contributed by atoms with Crippen molar-refractivity contribution in [2.75, 3.05) is 0 Å². The summed E-state index contributed by atoms with van der Waals surface area (Å²) < 4.78 is 0. The summed E-state index contributed by atoms with van der Waals surface area (Å²) in [5.41, 5.74) is 0. The number of carbonyl (C=O) groups is 2. The molecular formula is C22H18Fe2O2+4. The molecule has 0 unspecified atom stereocenters. The Labute approximate surface area is 182 Å². The fourth-order valence-corrected chi connectivity index (χ4v) is 1.95. The van der Waals surface area contributed by atoms with Crippen LogP contribution in [0.25, 0.3) is 0 Å². The number of hydrogen-bond acceptors (Lipinski definition) is 2. The van der Waals surface area contributed by atoms with Gasteiger partial charge in [-0.1, -0.05) is 0 Å². The minimum absolute atomic E-state index is 0. The van der Waals surface area contributed by atoms with E-state index in [0.29, 0.717) is 11.8 Å². The van der Waals surface area contributed by atoms with Crippen LogP contribution in [0.3, 0.4) is 0 Å². The molecule has 0 saturated heterocycles. The quantitative estimate of drug-likeness (QED) is 0.514. The molecule has 0 atom stereocenters. The first-order valence-corrected chi connectivity index (χ1v) is 7.65. The van der Waals surface area contributed by atoms with Crippen LogP contribution in [0.5, 0.6) is 0 Å². The van der Waals surface area contributed by atoms with Crippen LogP contribution in [0, 0.1) is 127 Å². The fraction of sp³-hybridized carbons (Fsp3) is 0. The van der Waals surface area contributed by atoms with E-state index in [1.165, 1.54) is 0 Å². The van der Waals surface area contributed by atoms with Crippen molar-refractivity contribution in [3.05, 3.63) is 127 Å². The van der Waals surface area contributed by atoms with E-state index in [2.05, 4.69) is 0 Å². The van der Waals surface area contributed by atoms with Gasteiger partial charge in [0.2, 0.25) is 11.6 Å². The maximum absolute atomic E-state index is 11.6. The molecule has 0 spiro atoms. The maximum atomic E-state index is 11.6. The molecule has 4 saturated carbocycles. The predicted molar refractivity (Wildman–Crippen MR) is 93.9 cm³/mol. The van der Waals surface area contributed by atoms with E-state index in [1.807, 2.05) is 64.2 Å². The molecular weight excluding hydrogens is 408 g/mol. The molecule has 0 aromatic carbocycles. The molecule has 4 fully saturated rings. The van der Waals surface area contributed by atoms with Crippen LogP contribution in [0.15, 0.2) is 0 Å². The molecule has 0 aliphatic heterocycles. The molecule has 20 radical (unpaired) electrons. The summed E-state index contributed by atoms with van der Waals surface area (Å²) >= 11 is 0. The molecule has 4 rings (SSSR count). The van der Waals surface area contributed by atoms with Crippen molar-refractivity contribution in [3.8, 4) is 0 Å². The summed E-state index contributed by atoms with van der Waals surface area (Å²) in [5.74, 6) is 0.0230. The molecule has 4 aliphatic carbocycles. The summed E-state index contributed by atoms with van der Waals surface area (Å²) in [4.78, 5) is 23.1. The Morgan fingerprint density at radius 2 is 0.577 bits per heavy atom. The number of ketones is 2. The number of carbonyl (C=O) groups excluding carboxylic acids is 2. The predicted octanol–water partition coefficient (Wildman–Crippen LogP) is 2.97. The van der Waals surface area contributed by atoms with Gasteiger partial charge in [-0.15, -0.1) is 0 Å². The smallest absolute Gasteiger partial charge is 0.290 e. The monoisotopic (exact) mass is 426 g/mol.